The van der Waals surface area contributed by atoms with Crippen LogP contribution >= 0.6 is 11.8 Å². The van der Waals surface area contributed by atoms with Crippen molar-refractivity contribution in [2.75, 3.05) is 0 Å². The number of carboxylic acid groups (broad SMARTS) is 1. The fraction of sp³-hybridized carbons (Fsp3) is 0.750. The molecule has 1 aromatic carbocycles. The molecule has 0 heterocycles. The summed E-state index contributed by atoms with van der Waals surface area (Å²) >= 11 is 1.69. The van der Waals surface area contributed by atoms with Gasteiger partial charge in [-0.15, -0.1) is 11.8 Å². The topological polar surface area (TPSA) is 46.5 Å². The lowest BCUT2D eigenvalue weighted by atomic mass is 9.75. The maximum atomic E-state index is 11.8. The Balaban J connectivity index is 2.14. The fourth-order valence-corrected chi connectivity index (χ4v) is 6.30. The molecule has 1 saturated carbocycles. The Morgan fingerprint density at radius 2 is 1.78 bits per heavy atom. The molecule has 0 saturated heterocycles. The van der Waals surface area contributed by atoms with Crippen molar-refractivity contribution in [1.82, 2.24) is 0 Å². The van der Waals surface area contributed by atoms with Gasteiger partial charge in [-0.25, -0.2) is 0 Å². The molecule has 0 unspecified atom stereocenters. The predicted octanol–water partition coefficient (Wildman–Crippen LogP) is 8.22. The van der Waals surface area contributed by atoms with Crippen molar-refractivity contribution in [1.29, 1.82) is 0 Å². The van der Waals surface area contributed by atoms with Crippen LogP contribution < -0.4 is 0 Å². The molecule has 0 aliphatic heterocycles. The van der Waals surface area contributed by atoms with Crippen LogP contribution in [0.4, 0.5) is 0 Å². The normalized spacial score (nSPS) is 23.2. The molecule has 0 aromatic heterocycles. The summed E-state index contributed by atoms with van der Waals surface area (Å²) in [5.41, 5.74) is 0. The van der Waals surface area contributed by atoms with Gasteiger partial charge in [0.05, 0.1) is 18.6 Å². The Bertz CT molecular complexity index is 633. The molecule has 1 fully saturated rings. The summed E-state index contributed by atoms with van der Waals surface area (Å²) in [5.74, 6) is 1.13. The molecule has 1 aliphatic rings. The first-order valence-corrected chi connectivity index (χ1v) is 13.9. The molecule has 0 spiro atoms. The molecule has 182 valence electrons. The molecule has 2 rings (SSSR count). The van der Waals surface area contributed by atoms with Gasteiger partial charge < -0.3 is 9.84 Å². The second-order valence-corrected chi connectivity index (χ2v) is 11.5. The van der Waals surface area contributed by atoms with Crippen LogP contribution in [0.1, 0.15) is 98.3 Å². The molecule has 1 aromatic rings. The lowest BCUT2D eigenvalue weighted by Gasteiger charge is -2.40. The molecule has 1 N–H and O–H groups in total. The maximum absolute atomic E-state index is 11.8. The fourth-order valence-electron chi connectivity index (χ4n) is 5.06. The van der Waals surface area contributed by atoms with Crippen LogP contribution in [-0.4, -0.2) is 28.5 Å². The number of benzene rings is 1. The van der Waals surface area contributed by atoms with Crippen LogP contribution in [-0.2, 0) is 9.53 Å². The highest BCUT2D eigenvalue weighted by atomic mass is 32.2. The van der Waals surface area contributed by atoms with Crippen LogP contribution in [0.25, 0.3) is 0 Å². The highest BCUT2D eigenvalue weighted by molar-refractivity contribution is 8.00. The van der Waals surface area contributed by atoms with E-state index in [2.05, 4.69) is 39.8 Å². The smallest absolute Gasteiger partial charge is 0.304 e. The summed E-state index contributed by atoms with van der Waals surface area (Å²) in [7, 11) is 0. The van der Waals surface area contributed by atoms with E-state index in [0.717, 1.165) is 24.2 Å². The number of carbonyl (C=O) groups is 1. The second kappa shape index (κ2) is 15.0. The summed E-state index contributed by atoms with van der Waals surface area (Å²) in [6.07, 6.45) is 12.4. The third-order valence-electron chi connectivity index (χ3n) is 6.97. The van der Waals surface area contributed by atoms with Crippen LogP contribution in [0, 0.1) is 17.8 Å². The minimum atomic E-state index is -0.729. The number of carboxylic acids is 1. The van der Waals surface area contributed by atoms with E-state index in [4.69, 9.17) is 4.74 Å². The van der Waals surface area contributed by atoms with E-state index in [1.54, 1.807) is 11.8 Å². The molecule has 32 heavy (non-hydrogen) atoms. The molecule has 1 aliphatic carbocycles. The Morgan fingerprint density at radius 3 is 2.44 bits per heavy atom. The zero-order chi connectivity index (χ0) is 23.3. The van der Waals surface area contributed by atoms with Crippen LogP contribution in [0.5, 0.6) is 0 Å². The lowest BCUT2D eigenvalue weighted by molar-refractivity contribution is -0.138. The number of ether oxygens (including phenoxy) is 1. The zero-order valence-corrected chi connectivity index (χ0v) is 21.6. The van der Waals surface area contributed by atoms with Crippen molar-refractivity contribution < 1.29 is 14.6 Å². The van der Waals surface area contributed by atoms with Gasteiger partial charge in [-0.2, -0.15) is 0 Å². The number of thioether (sulfide) groups is 1. The molecule has 3 nitrogen and oxygen atoms in total. The lowest BCUT2D eigenvalue weighted by Crippen LogP contribution is -2.40. The van der Waals surface area contributed by atoms with E-state index in [9.17, 15) is 9.90 Å². The van der Waals surface area contributed by atoms with Gasteiger partial charge >= 0.3 is 5.97 Å². The number of rotatable bonds is 15. The molecular weight excluding hydrogens is 416 g/mol. The average Bonchev–Trinajstić information content (AvgIpc) is 2.75. The standard InChI is InChI=1S/C28H46O3S/c1-5-6-7-8-9-13-16-25(31-26-19-22(4)17-18-24(26)21(2)3)27(20-28(29)30)32-23-14-11-10-12-15-23/h10-12,14-15,21-22,24-27H,5-9,13,16-20H2,1-4H3,(H,29,30)/t22-,24+,25+,26-,27-/m1/s1. The highest BCUT2D eigenvalue weighted by Crippen LogP contribution is 2.39. The SMILES string of the molecule is CCCCCCCC[C@H](O[C@@H]1C[C@H](C)CC[C@H]1C(C)C)[C@@H](CC(=O)O)Sc1ccccc1. The van der Waals surface area contributed by atoms with Gasteiger partial charge in [0.1, 0.15) is 0 Å². The minimum absolute atomic E-state index is 0.0148. The van der Waals surface area contributed by atoms with Crippen LogP contribution in [0.3, 0.4) is 0 Å². The summed E-state index contributed by atoms with van der Waals surface area (Å²) < 4.78 is 6.91. The molecule has 0 radical (unpaired) electrons. The third kappa shape index (κ3) is 9.87. The quantitative estimate of drug-likeness (QED) is 0.211. The number of aliphatic carboxylic acids is 1. The number of hydrogen-bond donors (Lipinski definition) is 1. The molecule has 5 atom stereocenters. The van der Waals surface area contributed by atoms with Crippen molar-refractivity contribution in [2.45, 2.75) is 121 Å². The van der Waals surface area contributed by atoms with E-state index in [0.29, 0.717) is 17.8 Å². The van der Waals surface area contributed by atoms with E-state index >= 15 is 0 Å². The van der Waals surface area contributed by atoms with Gasteiger partial charge in [0, 0.05) is 10.1 Å². The Labute approximate surface area is 201 Å². The van der Waals surface area contributed by atoms with Crippen LogP contribution in [0.2, 0.25) is 0 Å². The largest absolute Gasteiger partial charge is 0.481 e. The summed E-state index contributed by atoms with van der Waals surface area (Å²) in [6, 6.07) is 10.2. The van der Waals surface area contributed by atoms with Gasteiger partial charge in [-0.3, -0.25) is 4.79 Å². The van der Waals surface area contributed by atoms with Crippen LogP contribution in [0.15, 0.2) is 35.2 Å². The summed E-state index contributed by atoms with van der Waals surface area (Å²) in [4.78, 5) is 12.9. The first-order valence-electron chi connectivity index (χ1n) is 13.0. The van der Waals surface area contributed by atoms with Crippen molar-refractivity contribution in [3.63, 3.8) is 0 Å². The highest BCUT2D eigenvalue weighted by Gasteiger charge is 2.35. The first kappa shape index (κ1) is 27.2. The van der Waals surface area contributed by atoms with E-state index in [1.165, 1.54) is 44.9 Å². The predicted molar refractivity (Wildman–Crippen MR) is 136 cm³/mol. The third-order valence-corrected chi connectivity index (χ3v) is 8.29. The van der Waals surface area contributed by atoms with Crippen molar-refractivity contribution in [3.8, 4) is 0 Å². The van der Waals surface area contributed by atoms with Crippen molar-refractivity contribution >= 4 is 17.7 Å². The van der Waals surface area contributed by atoms with Crippen molar-refractivity contribution in [3.05, 3.63) is 30.3 Å². The second-order valence-electron chi connectivity index (χ2n) is 10.2. The van der Waals surface area contributed by atoms with Gasteiger partial charge in [-0.1, -0.05) is 90.8 Å². The van der Waals surface area contributed by atoms with Gasteiger partial charge in [0.15, 0.2) is 0 Å². The average molecular weight is 463 g/mol. The molecule has 4 heteroatoms. The zero-order valence-electron chi connectivity index (χ0n) is 20.8. The molecule has 0 bridgehead atoms. The van der Waals surface area contributed by atoms with Gasteiger partial charge in [0.25, 0.3) is 0 Å². The number of unbranched alkanes of at least 4 members (excludes halogenated alkanes) is 5. The van der Waals surface area contributed by atoms with E-state index in [-0.39, 0.29) is 23.9 Å². The molecular formula is C28H46O3S. The van der Waals surface area contributed by atoms with Crippen molar-refractivity contribution in [2.24, 2.45) is 17.8 Å². The Morgan fingerprint density at radius 1 is 1.09 bits per heavy atom. The van der Waals surface area contributed by atoms with E-state index in [1.807, 2.05) is 18.2 Å². The number of hydrogen-bond acceptors (Lipinski definition) is 3. The van der Waals surface area contributed by atoms with Gasteiger partial charge in [-0.05, 0) is 49.1 Å². The summed E-state index contributed by atoms with van der Waals surface area (Å²) in [5, 5.41) is 9.64. The van der Waals surface area contributed by atoms with Gasteiger partial charge in [0.2, 0.25) is 0 Å². The van der Waals surface area contributed by atoms with E-state index < -0.39 is 5.97 Å². The Hall–Kier alpha value is -1.00. The molecule has 0 amide bonds. The first-order chi connectivity index (χ1) is 15.4. The minimum Gasteiger partial charge on any atom is -0.481 e. The summed E-state index contributed by atoms with van der Waals surface area (Å²) in [6.45, 7) is 9.21. The monoisotopic (exact) mass is 462 g/mol. The maximum Gasteiger partial charge on any atom is 0.304 e. The Kier molecular flexibility index (Phi) is 12.8.